The van der Waals surface area contributed by atoms with Crippen LogP contribution in [0.15, 0.2) is 30.7 Å². The molecule has 3 rings (SSSR count). The first-order valence-electron chi connectivity index (χ1n) is 8.97. The molecule has 1 amide bonds. The topological polar surface area (TPSA) is 118 Å². The van der Waals surface area contributed by atoms with Crippen LogP contribution in [0.25, 0.3) is 11.1 Å². The number of halogens is 2. The van der Waals surface area contributed by atoms with E-state index in [9.17, 15) is 13.6 Å². The summed E-state index contributed by atoms with van der Waals surface area (Å²) in [6, 6.07) is 3.18. The average Bonchev–Trinajstić information content (AvgIpc) is 3.20. The summed E-state index contributed by atoms with van der Waals surface area (Å²) in [5, 5.41) is 16.1. The number of amides is 1. The standard InChI is InChI=1S/C18H20AsF2N7O3/c1-27(18(29)30)3-4-28-9-10(7-23-28)11-8-22-14(5-12(11)31-2)25-15-6-13(19)24-17(26-15)16(20)21/h5-9,16H,3-4,19H2,1-2H3,(H,29,30)(H,22,24,25,26). The summed E-state index contributed by atoms with van der Waals surface area (Å²) in [7, 11) is 2.98. The number of likely N-dealkylation sites (N-methyl/N-ethyl adjacent to an activating group) is 1. The van der Waals surface area contributed by atoms with Crippen molar-refractivity contribution in [2.24, 2.45) is 0 Å². The molecule has 0 aliphatic rings. The van der Waals surface area contributed by atoms with E-state index in [4.69, 9.17) is 9.84 Å². The SMILES string of the molecule is COc1cc(Nc2cc([AsH2])nc(C(F)F)n2)ncc1-c1cnn(CCN(C)C(=O)O)c1. The Morgan fingerprint density at radius 1 is 1.32 bits per heavy atom. The molecule has 0 aliphatic carbocycles. The van der Waals surface area contributed by atoms with Gasteiger partial charge in [0, 0.05) is 13.6 Å². The fourth-order valence-corrected chi connectivity index (χ4v) is 3.25. The molecule has 3 aromatic heterocycles. The van der Waals surface area contributed by atoms with Crippen molar-refractivity contribution in [3.05, 3.63) is 36.5 Å². The Morgan fingerprint density at radius 3 is 2.77 bits per heavy atom. The van der Waals surface area contributed by atoms with Crippen LogP contribution in [0.3, 0.4) is 0 Å². The van der Waals surface area contributed by atoms with Crippen molar-refractivity contribution >= 4 is 39.1 Å². The van der Waals surface area contributed by atoms with Crippen molar-refractivity contribution in [3.8, 4) is 16.9 Å². The number of aromatic nitrogens is 5. The zero-order valence-electron chi connectivity index (χ0n) is 16.7. The Kier molecular flexibility index (Phi) is 7.01. The molecule has 0 aliphatic heterocycles. The third kappa shape index (κ3) is 5.66. The maximum absolute atomic E-state index is 12.9. The number of carboxylic acid groups (broad SMARTS) is 1. The second-order valence-electron chi connectivity index (χ2n) is 6.43. The first-order chi connectivity index (χ1) is 14.8. The summed E-state index contributed by atoms with van der Waals surface area (Å²) >= 11 is 1.10. The molecule has 1 atom stereocenters. The van der Waals surface area contributed by atoms with Gasteiger partial charge in [0.2, 0.25) is 0 Å². The van der Waals surface area contributed by atoms with Gasteiger partial charge < -0.3 is 10.0 Å². The van der Waals surface area contributed by atoms with E-state index >= 15 is 0 Å². The van der Waals surface area contributed by atoms with E-state index in [0.29, 0.717) is 28.2 Å². The minimum atomic E-state index is -2.77. The van der Waals surface area contributed by atoms with E-state index in [1.807, 2.05) is 0 Å². The Hall–Kier alpha value is -3.27. The summed E-state index contributed by atoms with van der Waals surface area (Å²) < 4.78 is 33.4. The molecule has 13 heteroatoms. The second kappa shape index (κ2) is 9.69. The molecule has 0 saturated heterocycles. The van der Waals surface area contributed by atoms with Crippen LogP contribution in [-0.2, 0) is 6.54 Å². The number of methoxy groups -OCH3 is 1. The van der Waals surface area contributed by atoms with Crippen LogP contribution < -0.4 is 14.5 Å². The van der Waals surface area contributed by atoms with E-state index in [2.05, 4.69) is 25.4 Å². The Morgan fingerprint density at radius 2 is 2.10 bits per heavy atom. The van der Waals surface area contributed by atoms with Gasteiger partial charge in [-0.25, -0.2) is 4.79 Å². The Balaban J connectivity index is 1.79. The number of carbonyl (C=O) groups is 1. The summed E-state index contributed by atoms with van der Waals surface area (Å²) in [5.74, 6) is 0.516. The minimum absolute atomic E-state index is 0.211. The molecule has 3 aromatic rings. The number of rotatable bonds is 8. The number of hydrogen-bond acceptors (Lipinski definition) is 7. The molecular formula is C18H20AsF2N7O3. The van der Waals surface area contributed by atoms with Crippen LogP contribution in [0, 0.1) is 0 Å². The summed E-state index contributed by atoms with van der Waals surface area (Å²) in [4.78, 5) is 23.9. The molecule has 3 heterocycles. The van der Waals surface area contributed by atoms with Crippen molar-refractivity contribution in [1.29, 1.82) is 0 Å². The molecule has 10 nitrogen and oxygen atoms in total. The summed E-state index contributed by atoms with van der Waals surface area (Å²) in [6.45, 7) is 0.675. The zero-order chi connectivity index (χ0) is 22.5. The van der Waals surface area contributed by atoms with Crippen molar-refractivity contribution in [2.75, 3.05) is 26.0 Å². The van der Waals surface area contributed by atoms with Crippen LogP contribution >= 0.6 is 0 Å². The van der Waals surface area contributed by atoms with E-state index in [-0.39, 0.29) is 12.4 Å². The number of hydrogen-bond donors (Lipinski definition) is 2. The van der Waals surface area contributed by atoms with Gasteiger partial charge >= 0.3 is 156 Å². The van der Waals surface area contributed by atoms with Crippen LogP contribution in [0.4, 0.5) is 25.2 Å². The Labute approximate surface area is 184 Å². The van der Waals surface area contributed by atoms with Gasteiger partial charge in [0.25, 0.3) is 0 Å². The average molecular weight is 495 g/mol. The number of anilines is 2. The van der Waals surface area contributed by atoms with Crippen LogP contribution in [0.1, 0.15) is 12.2 Å². The van der Waals surface area contributed by atoms with Gasteiger partial charge in [-0.3, -0.25) is 0 Å². The van der Waals surface area contributed by atoms with Gasteiger partial charge in [-0.15, -0.1) is 0 Å². The molecule has 1 unspecified atom stereocenters. The summed E-state index contributed by atoms with van der Waals surface area (Å²) in [5.41, 5.74) is 1.40. The fourth-order valence-electron chi connectivity index (χ4n) is 2.64. The monoisotopic (exact) mass is 495 g/mol. The molecular weight excluding hydrogens is 475 g/mol. The number of nitrogens with zero attached hydrogens (tertiary/aromatic N) is 6. The third-order valence-corrected chi connectivity index (χ3v) is 4.86. The van der Waals surface area contributed by atoms with Crippen LogP contribution in [0.5, 0.6) is 5.75 Å². The predicted octanol–water partition coefficient (Wildman–Crippen LogP) is 1.29. The van der Waals surface area contributed by atoms with Gasteiger partial charge in [-0.2, -0.15) is 0 Å². The molecule has 0 bridgehead atoms. The molecule has 0 saturated carbocycles. The van der Waals surface area contributed by atoms with Crippen molar-refractivity contribution < 1.29 is 23.4 Å². The molecule has 0 aromatic carbocycles. The van der Waals surface area contributed by atoms with Crippen molar-refractivity contribution in [2.45, 2.75) is 13.0 Å². The van der Waals surface area contributed by atoms with Gasteiger partial charge in [0.15, 0.2) is 0 Å². The zero-order valence-corrected chi connectivity index (χ0v) is 19.1. The third-order valence-electron chi connectivity index (χ3n) is 4.24. The Bertz CT molecular complexity index is 1080. The van der Waals surface area contributed by atoms with E-state index in [0.717, 1.165) is 22.4 Å². The normalized spacial score (nSPS) is 10.9. The van der Waals surface area contributed by atoms with E-state index in [1.165, 1.54) is 19.1 Å². The van der Waals surface area contributed by atoms with E-state index in [1.54, 1.807) is 35.4 Å². The van der Waals surface area contributed by atoms with Gasteiger partial charge in [0.05, 0.1) is 0 Å². The van der Waals surface area contributed by atoms with Gasteiger partial charge in [-0.1, -0.05) is 0 Å². The van der Waals surface area contributed by atoms with Gasteiger partial charge in [0.1, 0.15) is 0 Å². The quantitative estimate of drug-likeness (QED) is 0.449. The number of nitrogens with one attached hydrogen (secondary N) is 1. The van der Waals surface area contributed by atoms with Crippen LogP contribution in [-0.4, -0.2) is 78.4 Å². The summed E-state index contributed by atoms with van der Waals surface area (Å²) in [6.07, 6.45) is 1.17. The molecule has 31 heavy (non-hydrogen) atoms. The second-order valence-corrected chi connectivity index (χ2v) is 7.67. The molecule has 0 radical (unpaired) electrons. The first-order valence-corrected chi connectivity index (χ1v) is 10.2. The molecule has 0 fully saturated rings. The number of alkyl halides is 2. The first kappa shape index (κ1) is 22.4. The van der Waals surface area contributed by atoms with Crippen molar-refractivity contribution in [3.63, 3.8) is 0 Å². The number of pyridine rings is 1. The number of ether oxygens (including phenoxy) is 1. The van der Waals surface area contributed by atoms with E-state index < -0.39 is 18.3 Å². The fraction of sp³-hybridized carbons (Fsp3) is 0.278. The van der Waals surface area contributed by atoms with Crippen LogP contribution in [0.2, 0.25) is 0 Å². The predicted molar refractivity (Wildman–Crippen MR) is 111 cm³/mol. The van der Waals surface area contributed by atoms with Gasteiger partial charge in [-0.05, 0) is 0 Å². The molecule has 2 N–H and O–H groups in total. The molecule has 164 valence electrons. The maximum atomic E-state index is 12.9. The van der Waals surface area contributed by atoms with Crippen molar-refractivity contribution in [1.82, 2.24) is 29.6 Å². The molecule has 0 spiro atoms.